The summed E-state index contributed by atoms with van der Waals surface area (Å²) in [5.41, 5.74) is 0.0804. The number of phenolic OH excluding ortho intramolecular Hbond substituents is 1. The molecule has 0 aliphatic heterocycles. The molecule has 0 atom stereocenters. The van der Waals surface area contributed by atoms with E-state index in [4.69, 9.17) is 4.74 Å². The second-order valence-electron chi connectivity index (χ2n) is 2.47. The van der Waals surface area contributed by atoms with Gasteiger partial charge in [-0.25, -0.2) is 0 Å². The number of rotatable bonds is 3. The fraction of sp³-hybridized carbons (Fsp3) is 0.250. The lowest BCUT2D eigenvalue weighted by molar-refractivity contribution is -0.386. The van der Waals surface area contributed by atoms with Crippen molar-refractivity contribution in [3.63, 3.8) is 0 Å². The minimum atomic E-state index is -0.621. The second-order valence-corrected chi connectivity index (χ2v) is 2.47. The lowest BCUT2D eigenvalue weighted by Gasteiger charge is -2.02. The smallest absolute Gasteiger partial charge is 0.316 e. The lowest BCUT2D eigenvalue weighted by atomic mass is 10.2. The van der Waals surface area contributed by atoms with Gasteiger partial charge in [-0.2, -0.15) is 0 Å². The molecule has 0 spiro atoms. The van der Waals surface area contributed by atoms with E-state index >= 15 is 0 Å². The first kappa shape index (κ1) is 9.47. The van der Waals surface area contributed by atoms with E-state index in [0.29, 0.717) is 5.56 Å². The van der Waals surface area contributed by atoms with Crippen LogP contribution in [0.1, 0.15) is 5.56 Å². The highest BCUT2D eigenvalue weighted by Crippen LogP contribution is 2.29. The van der Waals surface area contributed by atoms with Crippen LogP contribution in [0.5, 0.6) is 5.75 Å². The maximum absolute atomic E-state index is 10.5. The molecule has 0 aliphatic rings. The fourth-order valence-electron chi connectivity index (χ4n) is 1.06. The Morgan fingerprint density at radius 3 is 2.85 bits per heavy atom. The fourth-order valence-corrected chi connectivity index (χ4v) is 1.06. The maximum Gasteiger partial charge on any atom is 0.316 e. The second kappa shape index (κ2) is 3.86. The number of aromatic hydroxyl groups is 1. The number of hydrogen-bond acceptors (Lipinski definition) is 4. The predicted molar refractivity (Wildman–Crippen MR) is 45.5 cm³/mol. The van der Waals surface area contributed by atoms with E-state index in [2.05, 4.69) is 0 Å². The van der Waals surface area contributed by atoms with Gasteiger partial charge >= 0.3 is 5.69 Å². The highest BCUT2D eigenvalue weighted by molar-refractivity contribution is 5.51. The van der Waals surface area contributed by atoms with Gasteiger partial charge in [0.1, 0.15) is 0 Å². The molecule has 5 nitrogen and oxygen atoms in total. The van der Waals surface area contributed by atoms with Crippen molar-refractivity contribution in [2.75, 3.05) is 7.11 Å². The van der Waals surface area contributed by atoms with Gasteiger partial charge < -0.3 is 9.84 Å². The number of nitro benzene ring substituents is 1. The van der Waals surface area contributed by atoms with Crippen LogP contribution in [0.2, 0.25) is 0 Å². The molecule has 1 aromatic carbocycles. The Kier molecular flexibility index (Phi) is 2.81. The zero-order valence-electron chi connectivity index (χ0n) is 7.06. The molecule has 0 amide bonds. The quantitative estimate of drug-likeness (QED) is 0.568. The molecule has 0 bridgehead atoms. The summed E-state index contributed by atoms with van der Waals surface area (Å²) in [5, 5.41) is 19.7. The van der Waals surface area contributed by atoms with Gasteiger partial charge in [0.15, 0.2) is 5.75 Å². The molecule has 1 aromatic rings. The lowest BCUT2D eigenvalue weighted by Crippen LogP contribution is -1.96. The average molecular weight is 183 g/mol. The molecule has 0 radical (unpaired) electrons. The molecule has 5 heteroatoms. The molecule has 0 saturated heterocycles. The molecular formula is C8H9NO4. The van der Waals surface area contributed by atoms with Crippen LogP contribution in [-0.2, 0) is 11.3 Å². The van der Waals surface area contributed by atoms with Gasteiger partial charge in [0.2, 0.25) is 0 Å². The number of methoxy groups -OCH3 is 1. The van der Waals surface area contributed by atoms with Crippen molar-refractivity contribution < 1.29 is 14.8 Å². The van der Waals surface area contributed by atoms with Gasteiger partial charge in [-0.1, -0.05) is 6.07 Å². The highest BCUT2D eigenvalue weighted by Gasteiger charge is 2.18. The molecule has 0 heterocycles. The van der Waals surface area contributed by atoms with Crippen LogP contribution in [0, 0.1) is 10.1 Å². The van der Waals surface area contributed by atoms with Crippen LogP contribution in [-0.4, -0.2) is 17.1 Å². The van der Waals surface area contributed by atoms with Crippen molar-refractivity contribution in [3.8, 4) is 5.75 Å². The van der Waals surface area contributed by atoms with E-state index in [1.54, 1.807) is 6.07 Å². The largest absolute Gasteiger partial charge is 0.502 e. The van der Waals surface area contributed by atoms with E-state index in [0.717, 1.165) is 0 Å². The van der Waals surface area contributed by atoms with Crippen LogP contribution >= 0.6 is 0 Å². The van der Waals surface area contributed by atoms with E-state index in [-0.39, 0.29) is 18.0 Å². The van der Waals surface area contributed by atoms with Crippen molar-refractivity contribution in [2.45, 2.75) is 6.61 Å². The molecule has 70 valence electrons. The summed E-state index contributed by atoms with van der Waals surface area (Å²) in [7, 11) is 1.44. The van der Waals surface area contributed by atoms with E-state index in [1.165, 1.54) is 19.2 Å². The summed E-state index contributed by atoms with van der Waals surface area (Å²) in [6, 6.07) is 4.36. The molecule has 1 N–H and O–H groups in total. The van der Waals surface area contributed by atoms with Crippen molar-refractivity contribution in [1.82, 2.24) is 0 Å². The molecule has 0 saturated carbocycles. The van der Waals surface area contributed by atoms with Gasteiger partial charge in [-0.3, -0.25) is 10.1 Å². The summed E-state index contributed by atoms with van der Waals surface area (Å²) in [4.78, 5) is 9.89. The summed E-state index contributed by atoms with van der Waals surface area (Å²) in [6.45, 7) is 0.116. The maximum atomic E-state index is 10.5. The first-order valence-corrected chi connectivity index (χ1v) is 3.61. The third kappa shape index (κ3) is 1.94. The van der Waals surface area contributed by atoms with Crippen molar-refractivity contribution in [1.29, 1.82) is 0 Å². The van der Waals surface area contributed by atoms with Crippen LogP contribution < -0.4 is 0 Å². The van der Waals surface area contributed by atoms with E-state index < -0.39 is 4.92 Å². The Bertz CT molecular complexity index is 324. The predicted octanol–water partition coefficient (Wildman–Crippen LogP) is 1.45. The van der Waals surface area contributed by atoms with Crippen LogP contribution in [0.3, 0.4) is 0 Å². The Balaban J connectivity index is 3.17. The number of nitrogens with zero attached hydrogens (tertiary/aromatic N) is 1. The number of phenols is 1. The number of ether oxygens (including phenoxy) is 1. The minimum absolute atomic E-state index is 0.116. The highest BCUT2D eigenvalue weighted by atomic mass is 16.6. The summed E-state index contributed by atoms with van der Waals surface area (Å²) in [5.74, 6) is -0.334. The zero-order chi connectivity index (χ0) is 9.84. The van der Waals surface area contributed by atoms with Gasteiger partial charge in [0, 0.05) is 7.11 Å². The summed E-state index contributed by atoms with van der Waals surface area (Å²) in [6.07, 6.45) is 0. The Morgan fingerprint density at radius 2 is 2.31 bits per heavy atom. The van der Waals surface area contributed by atoms with Crippen molar-refractivity contribution in [3.05, 3.63) is 33.9 Å². The van der Waals surface area contributed by atoms with E-state index in [9.17, 15) is 15.2 Å². The van der Waals surface area contributed by atoms with E-state index in [1.807, 2.05) is 0 Å². The Labute approximate surface area is 74.7 Å². The number of nitro groups is 1. The van der Waals surface area contributed by atoms with Crippen molar-refractivity contribution in [2.24, 2.45) is 0 Å². The van der Waals surface area contributed by atoms with Gasteiger partial charge in [-0.05, 0) is 12.1 Å². The first-order chi connectivity index (χ1) is 6.16. The third-order valence-electron chi connectivity index (χ3n) is 1.58. The number of hydrogen-bond donors (Lipinski definition) is 1. The topological polar surface area (TPSA) is 72.6 Å². The number of benzene rings is 1. The Morgan fingerprint density at radius 1 is 1.62 bits per heavy atom. The van der Waals surface area contributed by atoms with Crippen LogP contribution in [0.4, 0.5) is 5.69 Å². The summed E-state index contributed by atoms with van der Waals surface area (Å²) >= 11 is 0. The molecular weight excluding hydrogens is 174 g/mol. The Hall–Kier alpha value is -1.62. The minimum Gasteiger partial charge on any atom is -0.502 e. The monoisotopic (exact) mass is 183 g/mol. The molecule has 0 aromatic heterocycles. The molecule has 1 rings (SSSR count). The van der Waals surface area contributed by atoms with Crippen LogP contribution in [0.25, 0.3) is 0 Å². The first-order valence-electron chi connectivity index (χ1n) is 3.61. The average Bonchev–Trinajstić information content (AvgIpc) is 2.04. The zero-order valence-corrected chi connectivity index (χ0v) is 7.06. The van der Waals surface area contributed by atoms with Gasteiger partial charge in [-0.15, -0.1) is 0 Å². The third-order valence-corrected chi connectivity index (χ3v) is 1.58. The molecule has 0 unspecified atom stereocenters. The summed E-state index contributed by atoms with van der Waals surface area (Å²) < 4.78 is 4.76. The molecule has 13 heavy (non-hydrogen) atoms. The standard InChI is InChI=1S/C8H9NO4/c1-13-5-6-3-2-4-7(10)8(6)9(11)12/h2-4,10H,5H2,1H3. The van der Waals surface area contributed by atoms with Gasteiger partial charge in [0.25, 0.3) is 0 Å². The number of para-hydroxylation sites is 1. The van der Waals surface area contributed by atoms with Crippen molar-refractivity contribution >= 4 is 5.69 Å². The van der Waals surface area contributed by atoms with Gasteiger partial charge in [0.05, 0.1) is 17.1 Å². The SMILES string of the molecule is COCc1cccc(O)c1[N+](=O)[O-]. The molecule has 0 fully saturated rings. The van der Waals surface area contributed by atoms with Crippen LogP contribution in [0.15, 0.2) is 18.2 Å². The molecule has 0 aliphatic carbocycles. The normalized spacial score (nSPS) is 9.92.